The quantitative estimate of drug-likeness (QED) is 0.863. The predicted molar refractivity (Wildman–Crippen MR) is 71.8 cm³/mol. The lowest BCUT2D eigenvalue weighted by molar-refractivity contribution is 0.0368. The maximum Gasteiger partial charge on any atom is 0.224 e. The van der Waals surface area contributed by atoms with E-state index in [1.54, 1.807) is 6.07 Å². The third-order valence-corrected chi connectivity index (χ3v) is 2.98. The molecule has 0 aliphatic carbocycles. The van der Waals surface area contributed by atoms with Crippen molar-refractivity contribution < 1.29 is 4.74 Å². The fourth-order valence-corrected chi connectivity index (χ4v) is 2.13. The molecule has 0 spiro atoms. The van der Waals surface area contributed by atoms with Crippen molar-refractivity contribution in [3.05, 3.63) is 17.5 Å². The van der Waals surface area contributed by atoms with Gasteiger partial charge in [-0.05, 0) is 19.9 Å². The van der Waals surface area contributed by atoms with Gasteiger partial charge < -0.3 is 10.1 Å². The van der Waals surface area contributed by atoms with Crippen molar-refractivity contribution in [2.75, 3.05) is 38.2 Å². The van der Waals surface area contributed by atoms with Gasteiger partial charge >= 0.3 is 0 Å². The molecule has 6 nitrogen and oxygen atoms in total. The number of nitriles is 1. The van der Waals surface area contributed by atoms with Crippen molar-refractivity contribution in [2.24, 2.45) is 0 Å². The normalized spacial score (nSPS) is 17.7. The van der Waals surface area contributed by atoms with Crippen LogP contribution in [0.3, 0.4) is 0 Å². The lowest BCUT2D eigenvalue weighted by Gasteiger charge is -2.29. The zero-order valence-corrected chi connectivity index (χ0v) is 11.4. The number of nitrogens with zero attached hydrogens (tertiary/aromatic N) is 4. The molecule has 2 heterocycles. The van der Waals surface area contributed by atoms with Crippen molar-refractivity contribution >= 4 is 5.95 Å². The van der Waals surface area contributed by atoms with Crippen LogP contribution in [0.25, 0.3) is 0 Å². The monoisotopic (exact) mass is 261 g/mol. The molecular formula is C13H19N5O. The van der Waals surface area contributed by atoms with Crippen LogP contribution in [0.4, 0.5) is 5.95 Å². The summed E-state index contributed by atoms with van der Waals surface area (Å²) >= 11 is 0. The molecule has 1 aliphatic heterocycles. The Labute approximate surface area is 113 Å². The molecule has 0 saturated carbocycles. The number of hydrogen-bond donors (Lipinski definition) is 1. The van der Waals surface area contributed by atoms with Gasteiger partial charge in [0, 0.05) is 31.4 Å². The van der Waals surface area contributed by atoms with E-state index in [0.717, 1.165) is 38.5 Å². The second-order valence-electron chi connectivity index (χ2n) is 4.79. The highest BCUT2D eigenvalue weighted by atomic mass is 16.5. The molecule has 0 bridgehead atoms. The molecule has 0 aromatic carbocycles. The Morgan fingerprint density at radius 3 is 2.89 bits per heavy atom. The SMILES string of the molecule is Cc1cc(C#N)nc(NC(C)CN2CCOCC2)n1. The van der Waals surface area contributed by atoms with Gasteiger partial charge in [0.05, 0.1) is 13.2 Å². The van der Waals surface area contributed by atoms with Crippen LogP contribution < -0.4 is 5.32 Å². The van der Waals surface area contributed by atoms with E-state index in [4.69, 9.17) is 10.00 Å². The predicted octanol–water partition coefficient (Wildman–Crippen LogP) is 0.789. The van der Waals surface area contributed by atoms with E-state index >= 15 is 0 Å². The Morgan fingerprint density at radius 2 is 2.21 bits per heavy atom. The van der Waals surface area contributed by atoms with E-state index in [9.17, 15) is 0 Å². The minimum Gasteiger partial charge on any atom is -0.379 e. The van der Waals surface area contributed by atoms with E-state index in [1.165, 1.54) is 0 Å². The van der Waals surface area contributed by atoms with Crippen LogP contribution in [0.15, 0.2) is 6.07 Å². The molecule has 102 valence electrons. The maximum absolute atomic E-state index is 8.89. The first-order valence-electron chi connectivity index (χ1n) is 6.50. The highest BCUT2D eigenvalue weighted by molar-refractivity contribution is 5.33. The van der Waals surface area contributed by atoms with Gasteiger partial charge in [-0.1, -0.05) is 0 Å². The summed E-state index contributed by atoms with van der Waals surface area (Å²) in [6.07, 6.45) is 0. The molecule has 1 unspecified atom stereocenters. The third kappa shape index (κ3) is 4.16. The molecule has 1 aromatic heterocycles. The highest BCUT2D eigenvalue weighted by Crippen LogP contribution is 2.07. The lowest BCUT2D eigenvalue weighted by Crippen LogP contribution is -2.42. The first-order chi connectivity index (χ1) is 9.17. The minimum atomic E-state index is 0.228. The van der Waals surface area contributed by atoms with Gasteiger partial charge in [-0.15, -0.1) is 0 Å². The Hall–Kier alpha value is -1.71. The number of aromatic nitrogens is 2. The Morgan fingerprint density at radius 1 is 1.47 bits per heavy atom. The number of rotatable bonds is 4. The summed E-state index contributed by atoms with van der Waals surface area (Å²) in [6.45, 7) is 8.39. The van der Waals surface area contributed by atoms with Crippen LogP contribution in [-0.4, -0.2) is 53.8 Å². The van der Waals surface area contributed by atoms with Crippen LogP contribution in [-0.2, 0) is 4.74 Å². The van der Waals surface area contributed by atoms with E-state index in [-0.39, 0.29) is 6.04 Å². The second-order valence-corrected chi connectivity index (χ2v) is 4.79. The molecule has 0 radical (unpaired) electrons. The van der Waals surface area contributed by atoms with E-state index in [1.807, 2.05) is 13.0 Å². The number of hydrogen-bond acceptors (Lipinski definition) is 6. The summed E-state index contributed by atoms with van der Waals surface area (Å²) in [5, 5.41) is 12.1. The Bertz CT molecular complexity index is 465. The first-order valence-corrected chi connectivity index (χ1v) is 6.50. The lowest BCUT2D eigenvalue weighted by atomic mass is 10.3. The van der Waals surface area contributed by atoms with Crippen molar-refractivity contribution in [3.8, 4) is 6.07 Å². The van der Waals surface area contributed by atoms with Crippen molar-refractivity contribution in [1.82, 2.24) is 14.9 Å². The van der Waals surface area contributed by atoms with Crippen molar-refractivity contribution in [2.45, 2.75) is 19.9 Å². The van der Waals surface area contributed by atoms with Crippen LogP contribution >= 0.6 is 0 Å². The van der Waals surface area contributed by atoms with Gasteiger partial charge in [-0.2, -0.15) is 5.26 Å². The summed E-state index contributed by atoms with van der Waals surface area (Å²) in [5.74, 6) is 0.525. The van der Waals surface area contributed by atoms with Gasteiger partial charge in [0.1, 0.15) is 11.8 Å². The average Bonchev–Trinajstić information content (AvgIpc) is 2.38. The molecule has 2 rings (SSSR count). The fraction of sp³-hybridized carbons (Fsp3) is 0.615. The summed E-state index contributed by atoms with van der Waals surface area (Å²) in [6, 6.07) is 3.95. The second kappa shape index (κ2) is 6.45. The van der Waals surface area contributed by atoms with Gasteiger partial charge in [-0.25, -0.2) is 9.97 Å². The molecule has 1 N–H and O–H groups in total. The van der Waals surface area contributed by atoms with Crippen molar-refractivity contribution in [3.63, 3.8) is 0 Å². The molecule has 19 heavy (non-hydrogen) atoms. The number of ether oxygens (including phenoxy) is 1. The summed E-state index contributed by atoms with van der Waals surface area (Å²) in [7, 11) is 0. The smallest absolute Gasteiger partial charge is 0.224 e. The first kappa shape index (κ1) is 13.7. The van der Waals surface area contributed by atoms with Gasteiger partial charge in [0.2, 0.25) is 5.95 Å². The van der Waals surface area contributed by atoms with Crippen LogP contribution in [0.1, 0.15) is 18.3 Å². The molecule has 1 fully saturated rings. The van der Waals surface area contributed by atoms with Crippen molar-refractivity contribution in [1.29, 1.82) is 5.26 Å². The Balaban J connectivity index is 1.92. The summed E-state index contributed by atoms with van der Waals surface area (Å²) in [5.41, 5.74) is 1.20. The molecular weight excluding hydrogens is 242 g/mol. The van der Waals surface area contributed by atoms with Crippen LogP contribution in [0, 0.1) is 18.3 Å². The molecule has 0 amide bonds. The largest absolute Gasteiger partial charge is 0.379 e. The number of anilines is 1. The van der Waals surface area contributed by atoms with E-state index in [0.29, 0.717) is 11.6 Å². The molecule has 1 aromatic rings. The van der Waals surface area contributed by atoms with Gasteiger partial charge in [-0.3, -0.25) is 4.90 Å². The molecule has 6 heteroatoms. The zero-order valence-electron chi connectivity index (χ0n) is 11.4. The Kier molecular flexibility index (Phi) is 4.66. The number of nitrogens with one attached hydrogen (secondary N) is 1. The summed E-state index contributed by atoms with van der Waals surface area (Å²) in [4.78, 5) is 10.8. The standard InChI is InChI=1S/C13H19N5O/c1-10-7-12(8-14)17-13(15-10)16-11(2)9-18-3-5-19-6-4-18/h7,11H,3-6,9H2,1-2H3,(H,15,16,17). The number of aryl methyl sites for hydroxylation is 1. The average molecular weight is 261 g/mol. The summed E-state index contributed by atoms with van der Waals surface area (Å²) < 4.78 is 5.32. The van der Waals surface area contributed by atoms with Crippen LogP contribution in [0.5, 0.6) is 0 Å². The fourth-order valence-electron chi connectivity index (χ4n) is 2.13. The molecule has 1 atom stereocenters. The zero-order chi connectivity index (χ0) is 13.7. The molecule has 1 saturated heterocycles. The van der Waals surface area contributed by atoms with E-state index < -0.39 is 0 Å². The third-order valence-electron chi connectivity index (χ3n) is 2.98. The van der Waals surface area contributed by atoms with E-state index in [2.05, 4.69) is 27.1 Å². The highest BCUT2D eigenvalue weighted by Gasteiger charge is 2.14. The maximum atomic E-state index is 8.89. The molecule has 1 aliphatic rings. The van der Waals surface area contributed by atoms with Gasteiger partial charge in [0.15, 0.2) is 0 Å². The minimum absolute atomic E-state index is 0.228. The topological polar surface area (TPSA) is 74.1 Å². The van der Waals surface area contributed by atoms with Crippen LogP contribution in [0.2, 0.25) is 0 Å². The van der Waals surface area contributed by atoms with Gasteiger partial charge in [0.25, 0.3) is 0 Å². The number of morpholine rings is 1.